The Morgan fingerprint density at radius 1 is 1.32 bits per heavy atom. The Hall–Kier alpha value is -3.62. The van der Waals surface area contributed by atoms with Crippen molar-refractivity contribution in [1.82, 2.24) is 30.0 Å². The Balaban J connectivity index is 1.35. The summed E-state index contributed by atoms with van der Waals surface area (Å²) in [4.78, 5) is 30.6. The van der Waals surface area contributed by atoms with E-state index in [1.807, 2.05) is 35.0 Å². The molecule has 1 aliphatic rings. The van der Waals surface area contributed by atoms with Gasteiger partial charge in [0.05, 0.1) is 23.9 Å². The van der Waals surface area contributed by atoms with Crippen LogP contribution < -0.4 is 15.5 Å². The van der Waals surface area contributed by atoms with E-state index in [0.717, 1.165) is 16.9 Å². The molecule has 1 unspecified atom stereocenters. The number of imidazole rings is 1. The number of hydrogen-bond donors (Lipinski definition) is 2. The van der Waals surface area contributed by atoms with E-state index in [9.17, 15) is 9.59 Å². The molecule has 0 bridgehead atoms. The van der Waals surface area contributed by atoms with Crippen molar-refractivity contribution in [2.45, 2.75) is 19.0 Å². The van der Waals surface area contributed by atoms with Crippen molar-refractivity contribution in [3.05, 3.63) is 60.9 Å². The highest BCUT2D eigenvalue weighted by Gasteiger charge is 2.34. The minimum Gasteiger partial charge on any atom is -0.334 e. The highest BCUT2D eigenvalue weighted by Crippen LogP contribution is 2.20. The minimum absolute atomic E-state index is 0.123. The highest BCUT2D eigenvalue weighted by molar-refractivity contribution is 6.01. The number of rotatable bonds is 5. The maximum absolute atomic E-state index is 12.6. The Labute approximate surface area is 162 Å². The van der Waals surface area contributed by atoms with Crippen LogP contribution in [-0.2, 0) is 18.4 Å². The first kappa shape index (κ1) is 17.8. The quantitative estimate of drug-likeness (QED) is 0.696. The monoisotopic (exact) mass is 379 g/mol. The fraction of sp³-hybridized carbons (Fsp3) is 0.263. The Morgan fingerprint density at radius 2 is 2.18 bits per heavy atom. The maximum Gasteiger partial charge on any atom is 0.315 e. The summed E-state index contributed by atoms with van der Waals surface area (Å²) in [5.41, 5.74) is 2.64. The molecule has 3 aromatic rings. The van der Waals surface area contributed by atoms with E-state index in [4.69, 9.17) is 0 Å². The van der Waals surface area contributed by atoms with E-state index in [1.54, 1.807) is 41.5 Å². The number of anilines is 1. The fourth-order valence-corrected chi connectivity index (χ4v) is 3.32. The Kier molecular flexibility index (Phi) is 4.79. The maximum atomic E-state index is 12.6. The topological polar surface area (TPSA) is 97.1 Å². The van der Waals surface area contributed by atoms with Gasteiger partial charge in [0.2, 0.25) is 5.91 Å². The van der Waals surface area contributed by atoms with E-state index in [1.165, 1.54) is 0 Å². The SMILES string of the molecule is Cn1cc(N2CCC(NC(=O)NCc3ccccc3-n3ccnc3)C2=O)cn1. The fourth-order valence-electron chi connectivity index (χ4n) is 3.32. The summed E-state index contributed by atoms with van der Waals surface area (Å²) in [5, 5.41) is 9.70. The Morgan fingerprint density at radius 3 is 2.93 bits per heavy atom. The van der Waals surface area contributed by atoms with Gasteiger partial charge in [0.1, 0.15) is 6.04 Å². The van der Waals surface area contributed by atoms with Gasteiger partial charge in [0, 0.05) is 38.7 Å². The van der Waals surface area contributed by atoms with E-state index in [2.05, 4.69) is 20.7 Å². The van der Waals surface area contributed by atoms with Crippen LogP contribution in [0.25, 0.3) is 5.69 Å². The molecule has 9 heteroatoms. The first-order chi connectivity index (χ1) is 13.6. The van der Waals surface area contributed by atoms with Crippen LogP contribution >= 0.6 is 0 Å². The minimum atomic E-state index is -0.538. The van der Waals surface area contributed by atoms with Crippen LogP contribution in [0.4, 0.5) is 10.5 Å². The highest BCUT2D eigenvalue weighted by atomic mass is 16.2. The molecule has 1 aromatic carbocycles. The molecule has 28 heavy (non-hydrogen) atoms. The molecule has 0 radical (unpaired) electrons. The molecular formula is C19H21N7O2. The molecule has 3 heterocycles. The average molecular weight is 379 g/mol. The van der Waals surface area contributed by atoms with Gasteiger partial charge in [-0.15, -0.1) is 0 Å². The summed E-state index contributed by atoms with van der Waals surface area (Å²) in [6.07, 6.45) is 9.26. The molecule has 0 saturated carbocycles. The molecule has 4 rings (SSSR count). The van der Waals surface area contributed by atoms with Crippen LogP contribution in [0.15, 0.2) is 55.4 Å². The summed E-state index contributed by atoms with van der Waals surface area (Å²) < 4.78 is 3.54. The van der Waals surface area contributed by atoms with Gasteiger partial charge in [-0.2, -0.15) is 5.10 Å². The molecule has 1 atom stereocenters. The zero-order chi connectivity index (χ0) is 19.5. The van der Waals surface area contributed by atoms with Crippen molar-refractivity contribution < 1.29 is 9.59 Å². The van der Waals surface area contributed by atoms with Gasteiger partial charge in [-0.25, -0.2) is 9.78 Å². The summed E-state index contributed by atoms with van der Waals surface area (Å²) >= 11 is 0. The van der Waals surface area contributed by atoms with Crippen molar-refractivity contribution in [2.24, 2.45) is 7.05 Å². The number of benzene rings is 1. The molecule has 2 aromatic heterocycles. The van der Waals surface area contributed by atoms with Gasteiger partial charge in [-0.3, -0.25) is 9.48 Å². The number of aryl methyl sites for hydroxylation is 1. The number of urea groups is 1. The second-order valence-corrected chi connectivity index (χ2v) is 6.63. The number of nitrogens with one attached hydrogen (secondary N) is 2. The number of carbonyl (C=O) groups excluding carboxylic acids is 2. The molecular weight excluding hydrogens is 358 g/mol. The van der Waals surface area contributed by atoms with Crippen LogP contribution in [0.3, 0.4) is 0 Å². The van der Waals surface area contributed by atoms with Crippen molar-refractivity contribution >= 4 is 17.6 Å². The van der Waals surface area contributed by atoms with Gasteiger partial charge >= 0.3 is 6.03 Å². The Bertz CT molecular complexity index is 980. The predicted octanol–water partition coefficient (Wildman–Crippen LogP) is 1.21. The molecule has 9 nitrogen and oxygen atoms in total. The molecule has 144 valence electrons. The van der Waals surface area contributed by atoms with Gasteiger partial charge in [0.15, 0.2) is 0 Å². The van der Waals surface area contributed by atoms with Gasteiger partial charge in [-0.05, 0) is 18.1 Å². The summed E-state index contributed by atoms with van der Waals surface area (Å²) in [6.45, 7) is 0.895. The molecule has 0 aliphatic carbocycles. The van der Waals surface area contributed by atoms with Crippen LogP contribution in [0, 0.1) is 0 Å². The normalized spacial score (nSPS) is 16.4. The third-order valence-corrected chi connectivity index (χ3v) is 4.73. The van der Waals surface area contributed by atoms with Crippen molar-refractivity contribution in [2.75, 3.05) is 11.4 Å². The lowest BCUT2D eigenvalue weighted by Crippen LogP contribution is -2.46. The second-order valence-electron chi connectivity index (χ2n) is 6.63. The lowest BCUT2D eigenvalue weighted by Gasteiger charge is -2.16. The summed E-state index contributed by atoms with van der Waals surface area (Å²) in [6, 6.07) is 6.85. The molecule has 1 saturated heterocycles. The zero-order valence-electron chi connectivity index (χ0n) is 15.4. The standard InChI is InChI=1S/C19H21N7O2/c1-24-12-15(11-22-24)26-8-6-16(18(26)27)23-19(28)21-10-14-4-2-3-5-17(14)25-9-7-20-13-25/h2-5,7,9,11-13,16H,6,8,10H2,1H3,(H2,21,23,28). The van der Waals surface area contributed by atoms with E-state index >= 15 is 0 Å². The number of hydrogen-bond acceptors (Lipinski definition) is 4. The van der Waals surface area contributed by atoms with Crippen LogP contribution in [-0.4, -0.2) is 43.9 Å². The summed E-state index contributed by atoms with van der Waals surface area (Å²) in [5.74, 6) is -0.123. The van der Waals surface area contributed by atoms with Crippen LogP contribution in [0.5, 0.6) is 0 Å². The van der Waals surface area contributed by atoms with Gasteiger partial charge in [-0.1, -0.05) is 18.2 Å². The van der Waals surface area contributed by atoms with E-state index in [-0.39, 0.29) is 11.9 Å². The third-order valence-electron chi connectivity index (χ3n) is 4.73. The van der Waals surface area contributed by atoms with Crippen molar-refractivity contribution in [3.8, 4) is 5.69 Å². The smallest absolute Gasteiger partial charge is 0.315 e. The van der Waals surface area contributed by atoms with E-state index < -0.39 is 6.04 Å². The van der Waals surface area contributed by atoms with Gasteiger partial charge < -0.3 is 20.1 Å². The lowest BCUT2D eigenvalue weighted by molar-refractivity contribution is -0.118. The largest absolute Gasteiger partial charge is 0.334 e. The van der Waals surface area contributed by atoms with Crippen molar-refractivity contribution in [3.63, 3.8) is 0 Å². The lowest BCUT2D eigenvalue weighted by atomic mass is 10.1. The van der Waals surface area contributed by atoms with E-state index in [0.29, 0.717) is 19.5 Å². The average Bonchev–Trinajstić information content (AvgIpc) is 3.43. The second kappa shape index (κ2) is 7.55. The van der Waals surface area contributed by atoms with Gasteiger partial charge in [0.25, 0.3) is 0 Å². The molecule has 1 fully saturated rings. The molecule has 0 spiro atoms. The van der Waals surface area contributed by atoms with Crippen LogP contribution in [0.1, 0.15) is 12.0 Å². The number of amides is 3. The first-order valence-corrected chi connectivity index (χ1v) is 9.02. The molecule has 1 aliphatic heterocycles. The summed E-state index contributed by atoms with van der Waals surface area (Å²) in [7, 11) is 1.80. The number of para-hydroxylation sites is 1. The zero-order valence-corrected chi connectivity index (χ0v) is 15.4. The number of aromatic nitrogens is 4. The third kappa shape index (κ3) is 3.59. The first-order valence-electron chi connectivity index (χ1n) is 9.02. The number of nitrogens with zero attached hydrogens (tertiary/aromatic N) is 5. The van der Waals surface area contributed by atoms with Crippen molar-refractivity contribution in [1.29, 1.82) is 0 Å². The number of carbonyl (C=O) groups is 2. The molecule has 3 amide bonds. The predicted molar refractivity (Wildman–Crippen MR) is 103 cm³/mol. The molecule has 2 N–H and O–H groups in total. The van der Waals surface area contributed by atoms with Crippen LogP contribution in [0.2, 0.25) is 0 Å².